The molecule has 0 unspecified atom stereocenters. The summed E-state index contributed by atoms with van der Waals surface area (Å²) in [5.74, 6) is -0.0651. The standard InChI is InChI=1S/C23H24N2O2S/c1-15(2)12-20(26)25-23-21(19(14-28-23)17-9-5-4-6-10-17)22(27)24-18-11-7-8-16(3)13-18/h4-11,13-15H,12H2,1-3H3,(H,24,27)(H,25,26). The van der Waals surface area contributed by atoms with Crippen LogP contribution in [0.3, 0.4) is 0 Å². The number of rotatable bonds is 6. The molecule has 1 aromatic heterocycles. The Labute approximate surface area is 169 Å². The number of carbonyl (C=O) groups is 2. The smallest absolute Gasteiger partial charge is 0.259 e. The molecule has 2 amide bonds. The minimum absolute atomic E-state index is 0.0823. The predicted octanol–water partition coefficient (Wildman–Crippen LogP) is 5.96. The third-order valence-electron chi connectivity index (χ3n) is 4.23. The van der Waals surface area contributed by atoms with E-state index in [2.05, 4.69) is 10.6 Å². The van der Waals surface area contributed by atoms with Crippen LogP contribution in [0.25, 0.3) is 11.1 Å². The zero-order valence-corrected chi connectivity index (χ0v) is 17.1. The van der Waals surface area contributed by atoms with Crippen molar-refractivity contribution in [2.75, 3.05) is 10.6 Å². The van der Waals surface area contributed by atoms with Crippen LogP contribution >= 0.6 is 11.3 Å². The van der Waals surface area contributed by atoms with Crippen molar-refractivity contribution in [2.24, 2.45) is 5.92 Å². The van der Waals surface area contributed by atoms with Crippen molar-refractivity contribution in [2.45, 2.75) is 27.2 Å². The van der Waals surface area contributed by atoms with Crippen molar-refractivity contribution >= 4 is 33.8 Å². The zero-order chi connectivity index (χ0) is 20.1. The van der Waals surface area contributed by atoms with Crippen LogP contribution in [0.2, 0.25) is 0 Å². The first-order valence-electron chi connectivity index (χ1n) is 9.29. The van der Waals surface area contributed by atoms with E-state index in [1.807, 2.05) is 80.7 Å². The summed E-state index contributed by atoms with van der Waals surface area (Å²) in [6, 6.07) is 17.4. The van der Waals surface area contributed by atoms with Gasteiger partial charge in [0, 0.05) is 23.1 Å². The van der Waals surface area contributed by atoms with Gasteiger partial charge in [-0.1, -0.05) is 56.3 Å². The number of hydrogen-bond acceptors (Lipinski definition) is 3. The maximum Gasteiger partial charge on any atom is 0.259 e. The second-order valence-electron chi connectivity index (χ2n) is 7.19. The summed E-state index contributed by atoms with van der Waals surface area (Å²) in [5.41, 5.74) is 4.05. The Hall–Kier alpha value is -2.92. The highest BCUT2D eigenvalue weighted by Gasteiger charge is 2.22. The molecule has 1 heterocycles. The summed E-state index contributed by atoms with van der Waals surface area (Å²) in [4.78, 5) is 25.5. The van der Waals surface area contributed by atoms with Crippen LogP contribution in [-0.2, 0) is 4.79 Å². The van der Waals surface area contributed by atoms with E-state index < -0.39 is 0 Å². The van der Waals surface area contributed by atoms with Crippen LogP contribution in [0.15, 0.2) is 60.0 Å². The Kier molecular flexibility index (Phi) is 6.26. The number of carbonyl (C=O) groups excluding carboxylic acids is 2. The molecular formula is C23H24N2O2S. The molecule has 0 aliphatic heterocycles. The maximum atomic E-state index is 13.1. The monoisotopic (exact) mass is 392 g/mol. The predicted molar refractivity (Wildman–Crippen MR) is 117 cm³/mol. The lowest BCUT2D eigenvalue weighted by Gasteiger charge is -2.11. The van der Waals surface area contributed by atoms with E-state index in [1.165, 1.54) is 11.3 Å². The molecule has 0 fully saturated rings. The summed E-state index contributed by atoms with van der Waals surface area (Å²) in [5, 5.41) is 8.40. The van der Waals surface area contributed by atoms with Crippen LogP contribution in [0.5, 0.6) is 0 Å². The number of amides is 2. The molecule has 0 aliphatic carbocycles. The average molecular weight is 393 g/mol. The fourth-order valence-corrected chi connectivity index (χ4v) is 3.95. The SMILES string of the molecule is Cc1cccc(NC(=O)c2c(-c3ccccc3)csc2NC(=O)CC(C)C)c1. The Bertz CT molecular complexity index is 977. The first-order chi connectivity index (χ1) is 13.4. The lowest BCUT2D eigenvalue weighted by molar-refractivity contribution is -0.116. The van der Waals surface area contributed by atoms with Crippen LogP contribution in [0, 0.1) is 12.8 Å². The molecule has 0 saturated heterocycles. The third kappa shape index (κ3) is 4.87. The van der Waals surface area contributed by atoms with E-state index in [0.29, 0.717) is 17.0 Å². The van der Waals surface area contributed by atoms with Crippen LogP contribution in [-0.4, -0.2) is 11.8 Å². The van der Waals surface area contributed by atoms with Crippen molar-refractivity contribution in [3.8, 4) is 11.1 Å². The molecule has 2 aromatic carbocycles. The fourth-order valence-electron chi connectivity index (χ4n) is 2.97. The number of benzene rings is 2. The van der Waals surface area contributed by atoms with E-state index in [-0.39, 0.29) is 17.7 Å². The summed E-state index contributed by atoms with van der Waals surface area (Å²) >= 11 is 1.38. The van der Waals surface area contributed by atoms with Gasteiger partial charge in [0.05, 0.1) is 5.56 Å². The largest absolute Gasteiger partial charge is 0.322 e. The van der Waals surface area contributed by atoms with Gasteiger partial charge in [-0.05, 0) is 36.1 Å². The van der Waals surface area contributed by atoms with Crippen molar-refractivity contribution in [1.29, 1.82) is 0 Å². The minimum Gasteiger partial charge on any atom is -0.322 e. The van der Waals surface area contributed by atoms with Gasteiger partial charge < -0.3 is 10.6 Å². The molecule has 4 nitrogen and oxygen atoms in total. The molecule has 2 N–H and O–H groups in total. The summed E-state index contributed by atoms with van der Waals surface area (Å²) in [7, 11) is 0. The van der Waals surface area contributed by atoms with E-state index in [4.69, 9.17) is 0 Å². The number of anilines is 2. The topological polar surface area (TPSA) is 58.2 Å². The molecule has 5 heteroatoms. The van der Waals surface area contributed by atoms with Crippen molar-refractivity contribution in [1.82, 2.24) is 0 Å². The van der Waals surface area contributed by atoms with E-state index >= 15 is 0 Å². The zero-order valence-electron chi connectivity index (χ0n) is 16.3. The summed E-state index contributed by atoms with van der Waals surface area (Å²) in [6.07, 6.45) is 0.414. The molecule has 0 aliphatic rings. The first kappa shape index (κ1) is 19.8. The maximum absolute atomic E-state index is 13.1. The van der Waals surface area contributed by atoms with E-state index in [0.717, 1.165) is 22.4 Å². The molecule has 0 bridgehead atoms. The quantitative estimate of drug-likeness (QED) is 0.544. The molecular weight excluding hydrogens is 368 g/mol. The Balaban J connectivity index is 1.96. The third-order valence-corrected chi connectivity index (χ3v) is 5.12. The van der Waals surface area contributed by atoms with Gasteiger partial charge in [0.1, 0.15) is 5.00 Å². The number of hydrogen-bond donors (Lipinski definition) is 2. The van der Waals surface area contributed by atoms with E-state index in [1.54, 1.807) is 0 Å². The molecule has 28 heavy (non-hydrogen) atoms. The van der Waals surface area contributed by atoms with Crippen LogP contribution in [0.1, 0.15) is 36.2 Å². The van der Waals surface area contributed by atoms with Gasteiger partial charge in [0.15, 0.2) is 0 Å². The minimum atomic E-state index is -0.231. The molecule has 3 aromatic rings. The van der Waals surface area contributed by atoms with Crippen molar-refractivity contribution in [3.05, 3.63) is 71.1 Å². The van der Waals surface area contributed by atoms with Gasteiger partial charge in [0.2, 0.25) is 5.91 Å². The second-order valence-corrected chi connectivity index (χ2v) is 8.07. The van der Waals surface area contributed by atoms with Crippen LogP contribution < -0.4 is 10.6 Å². The van der Waals surface area contributed by atoms with Gasteiger partial charge in [-0.2, -0.15) is 0 Å². The van der Waals surface area contributed by atoms with Crippen molar-refractivity contribution in [3.63, 3.8) is 0 Å². The van der Waals surface area contributed by atoms with Gasteiger partial charge in [-0.15, -0.1) is 11.3 Å². The number of aryl methyl sites for hydroxylation is 1. The average Bonchev–Trinajstić information content (AvgIpc) is 3.05. The highest BCUT2D eigenvalue weighted by molar-refractivity contribution is 7.15. The Morgan fingerprint density at radius 2 is 1.75 bits per heavy atom. The highest BCUT2D eigenvalue weighted by atomic mass is 32.1. The first-order valence-corrected chi connectivity index (χ1v) is 10.2. The fraction of sp³-hybridized carbons (Fsp3) is 0.217. The lowest BCUT2D eigenvalue weighted by atomic mass is 10.0. The van der Waals surface area contributed by atoms with Crippen LogP contribution in [0.4, 0.5) is 10.7 Å². The number of nitrogens with one attached hydrogen (secondary N) is 2. The van der Waals surface area contributed by atoms with Gasteiger partial charge in [-0.3, -0.25) is 9.59 Å². The van der Waals surface area contributed by atoms with Gasteiger partial charge >= 0.3 is 0 Å². The Morgan fingerprint density at radius 1 is 1.00 bits per heavy atom. The molecule has 0 spiro atoms. The summed E-state index contributed by atoms with van der Waals surface area (Å²) < 4.78 is 0. The molecule has 3 rings (SSSR count). The van der Waals surface area contributed by atoms with Crippen molar-refractivity contribution < 1.29 is 9.59 Å². The lowest BCUT2D eigenvalue weighted by Crippen LogP contribution is -2.18. The molecule has 0 atom stereocenters. The molecule has 144 valence electrons. The van der Waals surface area contributed by atoms with E-state index in [9.17, 15) is 9.59 Å². The second kappa shape index (κ2) is 8.85. The van der Waals surface area contributed by atoms with Gasteiger partial charge in [0.25, 0.3) is 5.91 Å². The molecule has 0 radical (unpaired) electrons. The molecule has 0 saturated carbocycles. The normalized spacial score (nSPS) is 10.7. The highest BCUT2D eigenvalue weighted by Crippen LogP contribution is 2.36. The number of thiophene rings is 1. The Morgan fingerprint density at radius 3 is 2.43 bits per heavy atom. The van der Waals surface area contributed by atoms with Gasteiger partial charge in [-0.25, -0.2) is 0 Å². The summed E-state index contributed by atoms with van der Waals surface area (Å²) in [6.45, 7) is 5.97.